The fourth-order valence-electron chi connectivity index (χ4n) is 1.84. The van der Waals surface area contributed by atoms with E-state index >= 15 is 0 Å². The van der Waals surface area contributed by atoms with E-state index < -0.39 is 0 Å². The largest absolute Gasteiger partial charge is 0.389 e. The van der Waals surface area contributed by atoms with Crippen LogP contribution in [-0.4, -0.2) is 9.97 Å². The fourth-order valence-corrected chi connectivity index (χ4v) is 3.63. The molecule has 0 atom stereocenters. The van der Waals surface area contributed by atoms with Gasteiger partial charge in [0, 0.05) is 15.7 Å². The summed E-state index contributed by atoms with van der Waals surface area (Å²) in [6.45, 7) is 0. The highest BCUT2D eigenvalue weighted by molar-refractivity contribution is 9.10. The van der Waals surface area contributed by atoms with E-state index in [0.717, 1.165) is 31.1 Å². The molecule has 0 fully saturated rings. The second kappa shape index (κ2) is 5.47. The van der Waals surface area contributed by atoms with Crippen LogP contribution >= 0.6 is 39.5 Å². The zero-order valence-corrected chi connectivity index (χ0v) is 13.5. The molecule has 0 saturated heterocycles. The van der Waals surface area contributed by atoms with Crippen LogP contribution in [0.5, 0.6) is 0 Å². The average molecular weight is 364 g/mol. The Morgan fingerprint density at radius 3 is 2.75 bits per heavy atom. The minimum absolute atomic E-state index is 0.378. The SMILES string of the molecule is NC(=S)c1ccc(Nc2nc3ccccc3s2)cc1Br. The van der Waals surface area contributed by atoms with Gasteiger partial charge in [-0.05, 0) is 46.3 Å². The smallest absolute Gasteiger partial charge is 0.188 e. The zero-order chi connectivity index (χ0) is 14.1. The first-order chi connectivity index (χ1) is 9.63. The van der Waals surface area contributed by atoms with Crippen molar-refractivity contribution < 1.29 is 0 Å². The van der Waals surface area contributed by atoms with E-state index in [1.165, 1.54) is 0 Å². The highest BCUT2D eigenvalue weighted by Gasteiger charge is 2.06. The Morgan fingerprint density at radius 1 is 1.25 bits per heavy atom. The van der Waals surface area contributed by atoms with Crippen molar-refractivity contribution >= 4 is 65.5 Å². The summed E-state index contributed by atoms with van der Waals surface area (Å²) in [6.07, 6.45) is 0. The van der Waals surface area contributed by atoms with Crippen molar-refractivity contribution in [1.29, 1.82) is 0 Å². The first-order valence-corrected chi connectivity index (χ1v) is 7.87. The summed E-state index contributed by atoms with van der Waals surface area (Å²) in [5, 5.41) is 4.16. The van der Waals surface area contributed by atoms with E-state index in [0.29, 0.717) is 4.99 Å². The van der Waals surface area contributed by atoms with Gasteiger partial charge in [-0.3, -0.25) is 0 Å². The number of nitrogens with one attached hydrogen (secondary N) is 1. The molecule has 0 amide bonds. The second-order valence-electron chi connectivity index (χ2n) is 4.17. The number of rotatable bonds is 3. The average Bonchev–Trinajstić information content (AvgIpc) is 2.80. The Morgan fingerprint density at radius 2 is 2.05 bits per heavy atom. The van der Waals surface area contributed by atoms with Gasteiger partial charge in [0.15, 0.2) is 5.13 Å². The molecule has 1 aromatic heterocycles. The van der Waals surface area contributed by atoms with Crippen LogP contribution in [0.15, 0.2) is 46.9 Å². The molecule has 3 aromatic rings. The van der Waals surface area contributed by atoms with E-state index in [4.69, 9.17) is 18.0 Å². The molecule has 20 heavy (non-hydrogen) atoms. The lowest BCUT2D eigenvalue weighted by Crippen LogP contribution is -2.10. The Hall–Kier alpha value is -1.50. The molecule has 0 aliphatic carbocycles. The van der Waals surface area contributed by atoms with Crippen LogP contribution in [-0.2, 0) is 0 Å². The number of para-hydroxylation sites is 1. The van der Waals surface area contributed by atoms with Gasteiger partial charge in [-0.25, -0.2) is 4.98 Å². The Balaban J connectivity index is 1.90. The summed E-state index contributed by atoms with van der Waals surface area (Å²) >= 11 is 10.1. The fraction of sp³-hybridized carbons (Fsp3) is 0. The second-order valence-corrected chi connectivity index (χ2v) is 6.50. The van der Waals surface area contributed by atoms with Crippen molar-refractivity contribution in [3.05, 3.63) is 52.5 Å². The number of nitrogens with two attached hydrogens (primary N) is 1. The molecule has 0 spiro atoms. The van der Waals surface area contributed by atoms with Crippen molar-refractivity contribution in [2.24, 2.45) is 5.73 Å². The van der Waals surface area contributed by atoms with Crippen LogP contribution in [0.1, 0.15) is 5.56 Å². The summed E-state index contributed by atoms with van der Waals surface area (Å²) in [6, 6.07) is 13.8. The molecule has 3 N–H and O–H groups in total. The maximum Gasteiger partial charge on any atom is 0.188 e. The van der Waals surface area contributed by atoms with E-state index in [1.807, 2.05) is 36.4 Å². The van der Waals surface area contributed by atoms with Crippen molar-refractivity contribution in [2.45, 2.75) is 0 Å². The van der Waals surface area contributed by atoms with Gasteiger partial charge in [-0.15, -0.1) is 0 Å². The third-order valence-electron chi connectivity index (χ3n) is 2.78. The van der Waals surface area contributed by atoms with Crippen LogP contribution in [0.2, 0.25) is 0 Å². The van der Waals surface area contributed by atoms with Gasteiger partial charge in [0.1, 0.15) is 4.99 Å². The lowest BCUT2D eigenvalue weighted by molar-refractivity contribution is 1.44. The molecule has 3 nitrogen and oxygen atoms in total. The third kappa shape index (κ3) is 2.67. The van der Waals surface area contributed by atoms with Gasteiger partial charge in [0.25, 0.3) is 0 Å². The number of thiazole rings is 1. The summed E-state index contributed by atoms with van der Waals surface area (Å²) < 4.78 is 2.03. The Labute approximate surface area is 134 Å². The number of anilines is 2. The quantitative estimate of drug-likeness (QED) is 0.675. The lowest BCUT2D eigenvalue weighted by atomic mass is 10.2. The van der Waals surface area contributed by atoms with Gasteiger partial charge in [0.05, 0.1) is 10.2 Å². The van der Waals surface area contributed by atoms with Gasteiger partial charge in [-0.1, -0.05) is 35.7 Å². The highest BCUT2D eigenvalue weighted by atomic mass is 79.9. The minimum atomic E-state index is 0.378. The molecule has 0 saturated carbocycles. The Bertz CT molecular complexity index is 765. The summed E-state index contributed by atoms with van der Waals surface area (Å²) in [5.41, 5.74) is 8.41. The normalized spacial score (nSPS) is 10.7. The summed E-state index contributed by atoms with van der Waals surface area (Å²) in [5.74, 6) is 0. The van der Waals surface area contributed by atoms with Crippen molar-refractivity contribution in [2.75, 3.05) is 5.32 Å². The van der Waals surface area contributed by atoms with E-state index in [1.54, 1.807) is 11.3 Å². The van der Waals surface area contributed by atoms with Crippen LogP contribution < -0.4 is 11.1 Å². The Kier molecular flexibility index (Phi) is 3.69. The van der Waals surface area contributed by atoms with E-state index in [9.17, 15) is 0 Å². The molecule has 100 valence electrons. The molecule has 0 radical (unpaired) electrons. The molecule has 0 aliphatic heterocycles. The first-order valence-electron chi connectivity index (χ1n) is 5.85. The number of hydrogen-bond acceptors (Lipinski definition) is 4. The van der Waals surface area contributed by atoms with Crippen molar-refractivity contribution in [3.63, 3.8) is 0 Å². The molecular weight excluding hydrogens is 354 g/mol. The molecule has 3 rings (SSSR count). The maximum absolute atomic E-state index is 5.64. The first kappa shape index (κ1) is 13.5. The molecule has 2 aromatic carbocycles. The molecule has 0 unspecified atom stereocenters. The van der Waals surface area contributed by atoms with E-state index in [-0.39, 0.29) is 0 Å². The summed E-state index contributed by atoms with van der Waals surface area (Å²) in [7, 11) is 0. The lowest BCUT2D eigenvalue weighted by Gasteiger charge is -2.06. The number of benzene rings is 2. The van der Waals surface area contributed by atoms with Gasteiger partial charge >= 0.3 is 0 Å². The van der Waals surface area contributed by atoms with Gasteiger partial charge in [0.2, 0.25) is 0 Å². The van der Waals surface area contributed by atoms with Crippen LogP contribution in [0, 0.1) is 0 Å². The molecular formula is C14H10BrN3S2. The van der Waals surface area contributed by atoms with Crippen LogP contribution in [0.4, 0.5) is 10.8 Å². The number of halogens is 1. The van der Waals surface area contributed by atoms with Crippen molar-refractivity contribution in [1.82, 2.24) is 4.98 Å². The predicted octanol–water partition coefficient (Wildman–Crippen LogP) is 4.44. The number of hydrogen-bond donors (Lipinski definition) is 2. The number of thiocarbonyl (C=S) groups is 1. The molecule has 0 bridgehead atoms. The third-order valence-corrected chi connectivity index (χ3v) is 4.61. The monoisotopic (exact) mass is 363 g/mol. The number of aromatic nitrogens is 1. The highest BCUT2D eigenvalue weighted by Crippen LogP contribution is 2.29. The molecule has 1 heterocycles. The number of fused-ring (bicyclic) bond motifs is 1. The maximum atomic E-state index is 5.64. The molecule has 6 heteroatoms. The standard InChI is InChI=1S/C14H10BrN3S2/c15-10-7-8(5-6-9(10)13(16)19)17-14-18-11-3-1-2-4-12(11)20-14/h1-7H,(H2,16,19)(H,17,18). The van der Waals surface area contributed by atoms with Crippen LogP contribution in [0.25, 0.3) is 10.2 Å². The topological polar surface area (TPSA) is 50.9 Å². The van der Waals surface area contributed by atoms with Gasteiger partial charge in [-0.2, -0.15) is 0 Å². The predicted molar refractivity (Wildman–Crippen MR) is 92.9 cm³/mol. The molecule has 0 aliphatic rings. The minimum Gasteiger partial charge on any atom is -0.389 e. The van der Waals surface area contributed by atoms with E-state index in [2.05, 4.69) is 32.3 Å². The van der Waals surface area contributed by atoms with Crippen LogP contribution in [0.3, 0.4) is 0 Å². The summed E-state index contributed by atoms with van der Waals surface area (Å²) in [4.78, 5) is 4.91. The zero-order valence-electron chi connectivity index (χ0n) is 10.3. The van der Waals surface area contributed by atoms with Gasteiger partial charge < -0.3 is 11.1 Å². The van der Waals surface area contributed by atoms with Crippen molar-refractivity contribution in [3.8, 4) is 0 Å². The number of nitrogens with zero attached hydrogens (tertiary/aromatic N) is 1.